The Morgan fingerprint density at radius 3 is 2.43 bits per heavy atom. The van der Waals surface area contributed by atoms with Crippen LogP contribution in [-0.4, -0.2) is 6.54 Å². The molecule has 2 rings (SSSR count). The minimum atomic E-state index is 0.627. The Balaban J connectivity index is 1.71. The second-order valence-corrected chi connectivity index (χ2v) is 6.10. The molecule has 0 heterocycles. The molecule has 0 atom stereocenters. The Bertz CT molecular complexity index is 562. The first kappa shape index (κ1) is 17.6. The summed E-state index contributed by atoms with van der Waals surface area (Å²) in [5.74, 6) is 0.931. The third-order valence-electron chi connectivity index (χ3n) is 4.12. The van der Waals surface area contributed by atoms with Crippen LogP contribution in [0.3, 0.4) is 0 Å². The smallest absolute Gasteiger partial charge is 0.119 e. The lowest BCUT2D eigenvalue weighted by Gasteiger charge is -2.10. The van der Waals surface area contributed by atoms with Gasteiger partial charge in [0.25, 0.3) is 0 Å². The Morgan fingerprint density at radius 1 is 0.913 bits per heavy atom. The van der Waals surface area contributed by atoms with Gasteiger partial charge < -0.3 is 10.1 Å². The number of benzene rings is 2. The summed E-state index contributed by atoms with van der Waals surface area (Å²) < 4.78 is 5.88. The van der Waals surface area contributed by atoms with Gasteiger partial charge >= 0.3 is 0 Å². The molecule has 2 heteroatoms. The molecule has 0 fully saturated rings. The molecule has 0 amide bonds. The normalized spacial score (nSPS) is 10.7. The van der Waals surface area contributed by atoms with Gasteiger partial charge in [-0.3, -0.25) is 0 Å². The lowest BCUT2D eigenvalue weighted by Crippen LogP contribution is -2.14. The van der Waals surface area contributed by atoms with Crippen LogP contribution < -0.4 is 10.1 Å². The number of nitrogens with one attached hydrogen (secondary N) is 1. The molecule has 0 aromatic heterocycles. The highest BCUT2D eigenvalue weighted by atomic mass is 16.5. The van der Waals surface area contributed by atoms with Crippen LogP contribution in [0.1, 0.15) is 49.3 Å². The summed E-state index contributed by atoms with van der Waals surface area (Å²) >= 11 is 0. The minimum absolute atomic E-state index is 0.627. The first-order valence-corrected chi connectivity index (χ1v) is 8.76. The third kappa shape index (κ3) is 6.45. The van der Waals surface area contributed by atoms with Crippen molar-refractivity contribution >= 4 is 0 Å². The third-order valence-corrected chi connectivity index (χ3v) is 4.12. The van der Waals surface area contributed by atoms with Crippen LogP contribution in [0.5, 0.6) is 5.75 Å². The van der Waals surface area contributed by atoms with E-state index < -0.39 is 0 Å². The van der Waals surface area contributed by atoms with E-state index in [4.69, 9.17) is 4.74 Å². The summed E-state index contributed by atoms with van der Waals surface area (Å²) in [6.45, 7) is 7.03. The zero-order valence-corrected chi connectivity index (χ0v) is 14.5. The average Bonchev–Trinajstić information content (AvgIpc) is 2.58. The molecule has 2 aromatic carbocycles. The van der Waals surface area contributed by atoms with Gasteiger partial charge in [-0.05, 0) is 48.7 Å². The van der Waals surface area contributed by atoms with Crippen LogP contribution in [0.15, 0.2) is 48.5 Å². The van der Waals surface area contributed by atoms with Crippen LogP contribution in [0.4, 0.5) is 0 Å². The standard InChI is InChI=1S/C21H29NO/c1-3-4-5-8-15-22-16-19-11-13-21(14-12-19)23-17-20-10-7-6-9-18(20)2/h6-7,9-14,22H,3-5,8,15-17H2,1-2H3. The quantitative estimate of drug-likeness (QED) is 0.606. The molecular formula is C21H29NO. The van der Waals surface area contributed by atoms with Crippen molar-refractivity contribution in [3.63, 3.8) is 0 Å². The number of hydrogen-bond donors (Lipinski definition) is 1. The van der Waals surface area contributed by atoms with E-state index in [0.717, 1.165) is 18.8 Å². The highest BCUT2D eigenvalue weighted by Gasteiger charge is 1.99. The molecule has 2 aromatic rings. The molecule has 2 nitrogen and oxygen atoms in total. The van der Waals surface area contributed by atoms with E-state index in [-0.39, 0.29) is 0 Å². The fourth-order valence-corrected chi connectivity index (χ4v) is 2.55. The minimum Gasteiger partial charge on any atom is -0.489 e. The zero-order chi connectivity index (χ0) is 16.3. The maximum absolute atomic E-state index is 5.88. The van der Waals surface area contributed by atoms with Crippen LogP contribution >= 0.6 is 0 Å². The molecule has 23 heavy (non-hydrogen) atoms. The number of unbranched alkanes of at least 4 members (excludes halogenated alkanes) is 3. The van der Waals surface area contributed by atoms with E-state index in [9.17, 15) is 0 Å². The van der Waals surface area contributed by atoms with Crippen LogP contribution in [-0.2, 0) is 13.2 Å². The van der Waals surface area contributed by atoms with Crippen molar-refractivity contribution in [2.75, 3.05) is 6.54 Å². The second kappa shape index (κ2) is 10.1. The molecular weight excluding hydrogens is 282 g/mol. The number of aryl methyl sites for hydroxylation is 1. The summed E-state index contributed by atoms with van der Waals surface area (Å²) in [6, 6.07) is 16.8. The summed E-state index contributed by atoms with van der Waals surface area (Å²) in [5, 5.41) is 3.50. The second-order valence-electron chi connectivity index (χ2n) is 6.10. The highest BCUT2D eigenvalue weighted by molar-refractivity contribution is 5.29. The van der Waals surface area contributed by atoms with Crippen molar-refractivity contribution in [1.29, 1.82) is 0 Å². The Morgan fingerprint density at radius 2 is 1.70 bits per heavy atom. The van der Waals surface area contributed by atoms with Gasteiger partial charge in [-0.1, -0.05) is 62.6 Å². The maximum Gasteiger partial charge on any atom is 0.119 e. The van der Waals surface area contributed by atoms with Gasteiger partial charge in [-0.2, -0.15) is 0 Å². The van der Waals surface area contributed by atoms with Crippen LogP contribution in [0, 0.1) is 6.92 Å². The van der Waals surface area contributed by atoms with Crippen molar-refractivity contribution in [2.24, 2.45) is 0 Å². The first-order valence-electron chi connectivity index (χ1n) is 8.76. The van der Waals surface area contributed by atoms with E-state index in [0.29, 0.717) is 6.61 Å². The predicted molar refractivity (Wildman–Crippen MR) is 97.8 cm³/mol. The lowest BCUT2D eigenvalue weighted by molar-refractivity contribution is 0.305. The number of ether oxygens (including phenoxy) is 1. The predicted octanol–water partition coefficient (Wildman–Crippen LogP) is 5.24. The van der Waals surface area contributed by atoms with Gasteiger partial charge in [0.05, 0.1) is 0 Å². The highest BCUT2D eigenvalue weighted by Crippen LogP contribution is 2.15. The molecule has 0 saturated carbocycles. The summed E-state index contributed by atoms with van der Waals surface area (Å²) in [5.41, 5.74) is 3.82. The van der Waals surface area contributed by atoms with Crippen LogP contribution in [0.25, 0.3) is 0 Å². The first-order chi connectivity index (χ1) is 11.3. The van der Waals surface area contributed by atoms with Crippen molar-refractivity contribution in [3.05, 3.63) is 65.2 Å². The van der Waals surface area contributed by atoms with Gasteiger partial charge in [0.15, 0.2) is 0 Å². The van der Waals surface area contributed by atoms with Gasteiger partial charge in [-0.15, -0.1) is 0 Å². The molecule has 0 bridgehead atoms. The van der Waals surface area contributed by atoms with E-state index in [1.165, 1.54) is 42.4 Å². The zero-order valence-electron chi connectivity index (χ0n) is 14.5. The number of hydrogen-bond acceptors (Lipinski definition) is 2. The van der Waals surface area contributed by atoms with Gasteiger partial charge in [0, 0.05) is 6.54 Å². The monoisotopic (exact) mass is 311 g/mol. The topological polar surface area (TPSA) is 21.3 Å². The molecule has 0 unspecified atom stereocenters. The van der Waals surface area contributed by atoms with E-state index >= 15 is 0 Å². The molecule has 0 aliphatic rings. The van der Waals surface area contributed by atoms with Crippen molar-refractivity contribution < 1.29 is 4.74 Å². The van der Waals surface area contributed by atoms with Crippen molar-refractivity contribution in [3.8, 4) is 5.75 Å². The Kier molecular flexibility index (Phi) is 7.68. The fraction of sp³-hybridized carbons (Fsp3) is 0.429. The fourth-order valence-electron chi connectivity index (χ4n) is 2.55. The number of rotatable bonds is 10. The van der Waals surface area contributed by atoms with Gasteiger partial charge in [0.2, 0.25) is 0 Å². The van der Waals surface area contributed by atoms with Crippen LogP contribution in [0.2, 0.25) is 0 Å². The summed E-state index contributed by atoms with van der Waals surface area (Å²) in [6.07, 6.45) is 5.24. The Hall–Kier alpha value is -1.80. The van der Waals surface area contributed by atoms with Crippen molar-refractivity contribution in [1.82, 2.24) is 5.32 Å². The molecule has 124 valence electrons. The van der Waals surface area contributed by atoms with E-state index in [2.05, 4.69) is 67.7 Å². The van der Waals surface area contributed by atoms with Crippen molar-refractivity contribution in [2.45, 2.75) is 52.7 Å². The SMILES string of the molecule is CCCCCCNCc1ccc(OCc2ccccc2C)cc1. The molecule has 0 radical (unpaired) electrons. The molecule has 0 spiro atoms. The van der Waals surface area contributed by atoms with Gasteiger partial charge in [0.1, 0.15) is 12.4 Å². The largest absolute Gasteiger partial charge is 0.489 e. The summed E-state index contributed by atoms with van der Waals surface area (Å²) in [4.78, 5) is 0. The van der Waals surface area contributed by atoms with E-state index in [1.807, 2.05) is 0 Å². The molecule has 0 saturated heterocycles. The lowest BCUT2D eigenvalue weighted by atomic mass is 10.1. The molecule has 1 N–H and O–H groups in total. The average molecular weight is 311 g/mol. The summed E-state index contributed by atoms with van der Waals surface area (Å²) in [7, 11) is 0. The molecule has 0 aliphatic carbocycles. The van der Waals surface area contributed by atoms with Gasteiger partial charge in [-0.25, -0.2) is 0 Å². The maximum atomic E-state index is 5.88. The molecule has 0 aliphatic heterocycles. The Labute approximate surface area is 140 Å². The van der Waals surface area contributed by atoms with E-state index in [1.54, 1.807) is 0 Å².